The van der Waals surface area contributed by atoms with Crippen molar-refractivity contribution < 1.29 is 23.5 Å². The predicted octanol–water partition coefficient (Wildman–Crippen LogP) is 2.19. The Kier molecular flexibility index (Phi) is 4.50. The number of furan rings is 1. The maximum atomic E-state index is 12.2. The molecular weight excluding hydrogens is 312 g/mol. The van der Waals surface area contributed by atoms with E-state index in [2.05, 4.69) is 4.98 Å². The molecule has 126 valence electrons. The van der Waals surface area contributed by atoms with Gasteiger partial charge >= 0.3 is 5.97 Å². The fraction of sp³-hybridized carbons (Fsp3) is 0.353. The normalized spacial score (nSPS) is 14.0. The summed E-state index contributed by atoms with van der Waals surface area (Å²) in [5.74, 6) is -0.662. The number of nitrogens with zero attached hydrogens (tertiary/aromatic N) is 1. The van der Waals surface area contributed by atoms with Crippen molar-refractivity contribution >= 4 is 17.7 Å². The molecule has 0 atom stereocenters. The lowest BCUT2D eigenvalue weighted by atomic mass is 10.2. The molecule has 0 radical (unpaired) electrons. The first-order chi connectivity index (χ1) is 11.6. The van der Waals surface area contributed by atoms with E-state index in [0.29, 0.717) is 22.6 Å². The number of Topliss-reactive ketones (excluding diaryl/α,β-unsaturated/α-hetero) is 1. The molecule has 1 fully saturated rings. The van der Waals surface area contributed by atoms with E-state index in [9.17, 15) is 14.4 Å². The number of ketones is 1. The predicted molar refractivity (Wildman–Crippen MR) is 84.0 cm³/mol. The van der Waals surface area contributed by atoms with Gasteiger partial charge in [0.15, 0.2) is 6.61 Å². The third-order valence-corrected chi connectivity index (χ3v) is 4.04. The Bertz CT molecular complexity index is 768. The molecule has 0 saturated carbocycles. The molecule has 7 nitrogen and oxygen atoms in total. The number of carbonyl (C=O) groups excluding carboxylic acids is 3. The van der Waals surface area contributed by atoms with E-state index in [1.54, 1.807) is 11.8 Å². The molecule has 0 aromatic carbocycles. The number of likely N-dealkylation sites (tertiary alicyclic amines) is 1. The van der Waals surface area contributed by atoms with Crippen LogP contribution in [0.4, 0.5) is 0 Å². The van der Waals surface area contributed by atoms with Crippen LogP contribution in [0.25, 0.3) is 0 Å². The van der Waals surface area contributed by atoms with Gasteiger partial charge in [-0.05, 0) is 31.9 Å². The van der Waals surface area contributed by atoms with E-state index in [1.807, 2.05) is 0 Å². The van der Waals surface area contributed by atoms with Crippen LogP contribution < -0.4 is 0 Å². The van der Waals surface area contributed by atoms with Crippen molar-refractivity contribution in [3.8, 4) is 0 Å². The summed E-state index contributed by atoms with van der Waals surface area (Å²) in [7, 11) is 0. The van der Waals surface area contributed by atoms with Gasteiger partial charge in [-0.15, -0.1) is 0 Å². The minimum atomic E-state index is -0.612. The third-order valence-electron chi connectivity index (χ3n) is 4.04. The quantitative estimate of drug-likeness (QED) is 0.670. The zero-order chi connectivity index (χ0) is 17.1. The van der Waals surface area contributed by atoms with Gasteiger partial charge in [0, 0.05) is 24.8 Å². The van der Waals surface area contributed by atoms with Gasteiger partial charge in [0.2, 0.25) is 5.78 Å². The van der Waals surface area contributed by atoms with Gasteiger partial charge in [0.1, 0.15) is 17.0 Å². The topological polar surface area (TPSA) is 92.6 Å². The van der Waals surface area contributed by atoms with Gasteiger partial charge in [-0.2, -0.15) is 0 Å². The molecule has 0 unspecified atom stereocenters. The number of amides is 1. The van der Waals surface area contributed by atoms with E-state index < -0.39 is 12.6 Å². The number of hydrogen-bond donors (Lipinski definition) is 1. The summed E-state index contributed by atoms with van der Waals surface area (Å²) in [6.07, 6.45) is 4.85. The summed E-state index contributed by atoms with van der Waals surface area (Å²) in [4.78, 5) is 40.8. The molecule has 3 rings (SSSR count). The van der Waals surface area contributed by atoms with Crippen LogP contribution in [0.1, 0.15) is 49.8 Å². The third kappa shape index (κ3) is 3.24. The Morgan fingerprint density at radius 1 is 1.29 bits per heavy atom. The van der Waals surface area contributed by atoms with Crippen molar-refractivity contribution in [2.24, 2.45) is 0 Å². The highest BCUT2D eigenvalue weighted by molar-refractivity contribution is 6.02. The van der Waals surface area contributed by atoms with Crippen LogP contribution >= 0.6 is 0 Å². The molecule has 1 N–H and O–H groups in total. The molecule has 3 heterocycles. The lowest BCUT2D eigenvalue weighted by Crippen LogP contribution is -2.27. The smallest absolute Gasteiger partial charge is 0.342 e. The van der Waals surface area contributed by atoms with Crippen molar-refractivity contribution in [1.29, 1.82) is 0 Å². The number of aromatic amines is 1. The van der Waals surface area contributed by atoms with E-state index in [-0.39, 0.29) is 11.7 Å². The van der Waals surface area contributed by atoms with Gasteiger partial charge in [-0.1, -0.05) is 0 Å². The van der Waals surface area contributed by atoms with Crippen molar-refractivity contribution in [3.05, 3.63) is 47.2 Å². The number of H-pyrrole nitrogens is 1. The summed E-state index contributed by atoms with van der Waals surface area (Å²) in [5.41, 5.74) is 0.980. The van der Waals surface area contributed by atoms with Gasteiger partial charge in [0.25, 0.3) is 5.91 Å². The largest absolute Gasteiger partial charge is 0.469 e. The highest BCUT2D eigenvalue weighted by Crippen LogP contribution is 2.14. The number of aromatic nitrogens is 1. The number of hydrogen-bond acceptors (Lipinski definition) is 5. The van der Waals surface area contributed by atoms with Crippen molar-refractivity contribution in [3.63, 3.8) is 0 Å². The van der Waals surface area contributed by atoms with Crippen LogP contribution in [0.2, 0.25) is 0 Å². The summed E-state index contributed by atoms with van der Waals surface area (Å²) >= 11 is 0. The number of nitrogens with one attached hydrogen (secondary N) is 1. The van der Waals surface area contributed by atoms with Crippen molar-refractivity contribution in [2.75, 3.05) is 19.7 Å². The van der Waals surface area contributed by atoms with E-state index in [1.165, 1.54) is 24.6 Å². The number of rotatable bonds is 5. The zero-order valence-electron chi connectivity index (χ0n) is 13.3. The summed E-state index contributed by atoms with van der Waals surface area (Å²) in [6.45, 7) is 2.73. The maximum absolute atomic E-state index is 12.2. The minimum absolute atomic E-state index is 0.113. The zero-order valence-corrected chi connectivity index (χ0v) is 13.3. The first-order valence-corrected chi connectivity index (χ1v) is 7.78. The Labute approximate surface area is 138 Å². The van der Waals surface area contributed by atoms with Crippen LogP contribution in [-0.2, 0) is 4.74 Å². The Morgan fingerprint density at radius 3 is 2.71 bits per heavy atom. The highest BCUT2D eigenvalue weighted by Gasteiger charge is 2.22. The van der Waals surface area contributed by atoms with Gasteiger partial charge in [-0.3, -0.25) is 9.59 Å². The van der Waals surface area contributed by atoms with Crippen LogP contribution in [0.5, 0.6) is 0 Å². The standard InChI is InChI=1S/C17H18N2O5/c1-11-13(4-7-23-11)17(22)24-10-15(20)12-8-14(18-9-12)16(21)19-5-2-3-6-19/h4,7-9,18H,2-3,5-6,10H2,1H3. The van der Waals surface area contributed by atoms with Crippen molar-refractivity contribution in [1.82, 2.24) is 9.88 Å². The lowest BCUT2D eigenvalue weighted by molar-refractivity contribution is 0.0473. The lowest BCUT2D eigenvalue weighted by Gasteiger charge is -2.13. The van der Waals surface area contributed by atoms with Crippen LogP contribution in [-0.4, -0.2) is 47.2 Å². The second kappa shape index (κ2) is 6.74. The minimum Gasteiger partial charge on any atom is -0.469 e. The molecule has 2 aromatic heterocycles. The second-order valence-corrected chi connectivity index (χ2v) is 5.69. The molecule has 1 aliphatic rings. The number of carbonyl (C=O) groups is 3. The monoisotopic (exact) mass is 330 g/mol. The van der Waals surface area contributed by atoms with Crippen LogP contribution in [0.3, 0.4) is 0 Å². The molecule has 0 aliphatic carbocycles. The van der Waals surface area contributed by atoms with E-state index in [0.717, 1.165) is 25.9 Å². The molecule has 2 aromatic rings. The Balaban J connectivity index is 1.58. The van der Waals surface area contributed by atoms with E-state index in [4.69, 9.17) is 9.15 Å². The van der Waals surface area contributed by atoms with Gasteiger partial charge in [0.05, 0.1) is 6.26 Å². The average Bonchev–Trinajstić information content (AvgIpc) is 3.31. The first kappa shape index (κ1) is 16.0. The molecule has 1 saturated heterocycles. The fourth-order valence-corrected chi connectivity index (χ4v) is 2.66. The number of aryl methyl sites for hydroxylation is 1. The Morgan fingerprint density at radius 2 is 2.04 bits per heavy atom. The highest BCUT2D eigenvalue weighted by atomic mass is 16.5. The Hall–Kier alpha value is -2.83. The van der Waals surface area contributed by atoms with Crippen molar-refractivity contribution in [2.45, 2.75) is 19.8 Å². The molecule has 0 bridgehead atoms. The number of esters is 1. The molecule has 1 amide bonds. The first-order valence-electron chi connectivity index (χ1n) is 7.78. The summed E-state index contributed by atoms with van der Waals surface area (Å²) in [5, 5.41) is 0. The molecule has 1 aliphatic heterocycles. The number of ether oxygens (including phenoxy) is 1. The molecule has 0 spiro atoms. The molecule has 7 heteroatoms. The SMILES string of the molecule is Cc1occc1C(=O)OCC(=O)c1c[nH]c(C(=O)N2CCCC2)c1. The van der Waals surface area contributed by atoms with Gasteiger partial charge in [-0.25, -0.2) is 4.79 Å². The molecular formula is C17H18N2O5. The van der Waals surface area contributed by atoms with Crippen LogP contribution in [0.15, 0.2) is 29.0 Å². The van der Waals surface area contributed by atoms with E-state index >= 15 is 0 Å². The average molecular weight is 330 g/mol. The molecule has 24 heavy (non-hydrogen) atoms. The summed E-state index contributed by atoms with van der Waals surface area (Å²) in [6, 6.07) is 2.99. The van der Waals surface area contributed by atoms with Gasteiger partial charge < -0.3 is 19.0 Å². The maximum Gasteiger partial charge on any atom is 0.342 e. The fourth-order valence-electron chi connectivity index (χ4n) is 2.66. The van der Waals surface area contributed by atoms with Crippen LogP contribution in [0, 0.1) is 6.92 Å². The summed E-state index contributed by atoms with van der Waals surface area (Å²) < 4.78 is 10.0. The second-order valence-electron chi connectivity index (χ2n) is 5.69.